The van der Waals surface area contributed by atoms with Crippen LogP contribution in [0.1, 0.15) is 31.5 Å². The first-order valence-corrected chi connectivity index (χ1v) is 4.79. The van der Waals surface area contributed by atoms with Crippen molar-refractivity contribution in [2.75, 3.05) is 7.11 Å². The van der Waals surface area contributed by atoms with Crippen molar-refractivity contribution in [2.45, 2.75) is 37.8 Å². The van der Waals surface area contributed by atoms with Crippen LogP contribution in [0.25, 0.3) is 0 Å². The first-order chi connectivity index (χ1) is 6.64. The topological polar surface area (TPSA) is 74.2 Å². The molecule has 1 fully saturated rings. The minimum absolute atomic E-state index is 0.105. The molecule has 0 amide bonds. The fraction of sp³-hybridized carbons (Fsp3) is 0.778. The molecule has 0 spiro atoms. The van der Waals surface area contributed by atoms with Crippen molar-refractivity contribution in [1.82, 2.24) is 10.1 Å². The normalized spacial score (nSPS) is 20.8. The van der Waals surface area contributed by atoms with Crippen LogP contribution in [0.5, 0.6) is 0 Å². The van der Waals surface area contributed by atoms with Crippen LogP contribution in [-0.2, 0) is 16.7 Å². The van der Waals surface area contributed by atoms with E-state index in [0.717, 1.165) is 12.8 Å². The van der Waals surface area contributed by atoms with Crippen LogP contribution in [0, 0.1) is 0 Å². The van der Waals surface area contributed by atoms with Gasteiger partial charge in [-0.25, -0.2) is 0 Å². The first-order valence-electron chi connectivity index (χ1n) is 4.79. The minimum atomic E-state index is -0.332. The zero-order valence-corrected chi connectivity index (χ0v) is 8.49. The molecule has 0 aromatic carbocycles. The molecular formula is C9H15N3O2. The predicted molar refractivity (Wildman–Crippen MR) is 49.6 cm³/mol. The Kier molecular flexibility index (Phi) is 2.28. The minimum Gasteiger partial charge on any atom is -0.381 e. The average Bonchev–Trinajstić information content (AvgIpc) is 2.75. The zero-order valence-electron chi connectivity index (χ0n) is 8.49. The standard InChI is InChI=1S/C9H15N3O2/c1-6(13-2)5-7-11-8(14-12-7)9(10)3-4-9/h6H,3-5,10H2,1-2H3. The van der Waals surface area contributed by atoms with Crippen LogP contribution in [0.15, 0.2) is 4.52 Å². The van der Waals surface area contributed by atoms with Gasteiger partial charge in [0.1, 0.15) is 0 Å². The van der Waals surface area contributed by atoms with Crippen LogP contribution in [0.3, 0.4) is 0 Å². The molecule has 78 valence electrons. The number of nitrogens with two attached hydrogens (primary N) is 1. The highest BCUT2D eigenvalue weighted by atomic mass is 16.5. The van der Waals surface area contributed by atoms with Gasteiger partial charge in [0.05, 0.1) is 11.6 Å². The van der Waals surface area contributed by atoms with Crippen molar-refractivity contribution in [1.29, 1.82) is 0 Å². The van der Waals surface area contributed by atoms with Gasteiger partial charge >= 0.3 is 0 Å². The lowest BCUT2D eigenvalue weighted by Gasteiger charge is -2.04. The smallest absolute Gasteiger partial charge is 0.246 e. The predicted octanol–water partition coefficient (Wildman–Crippen LogP) is 0.595. The maximum Gasteiger partial charge on any atom is 0.246 e. The zero-order chi connectivity index (χ0) is 10.2. The van der Waals surface area contributed by atoms with Gasteiger partial charge in [-0.1, -0.05) is 5.16 Å². The monoisotopic (exact) mass is 197 g/mol. The molecule has 0 bridgehead atoms. The number of rotatable bonds is 4. The number of hydrogen-bond acceptors (Lipinski definition) is 5. The fourth-order valence-electron chi connectivity index (χ4n) is 1.23. The summed E-state index contributed by atoms with van der Waals surface area (Å²) < 4.78 is 10.2. The van der Waals surface area contributed by atoms with E-state index in [1.54, 1.807) is 7.11 Å². The summed E-state index contributed by atoms with van der Waals surface area (Å²) in [5, 5.41) is 3.86. The number of hydrogen-bond donors (Lipinski definition) is 1. The molecule has 1 unspecified atom stereocenters. The number of methoxy groups -OCH3 is 1. The van der Waals surface area contributed by atoms with Crippen LogP contribution in [0.2, 0.25) is 0 Å². The van der Waals surface area contributed by atoms with Gasteiger partial charge in [-0.2, -0.15) is 4.98 Å². The van der Waals surface area contributed by atoms with E-state index in [4.69, 9.17) is 15.0 Å². The second-order valence-corrected chi connectivity index (χ2v) is 3.92. The summed E-state index contributed by atoms with van der Waals surface area (Å²) in [5.41, 5.74) is 5.59. The van der Waals surface area contributed by atoms with Gasteiger partial charge in [0.2, 0.25) is 5.89 Å². The lowest BCUT2D eigenvalue weighted by atomic mass is 10.2. The summed E-state index contributed by atoms with van der Waals surface area (Å²) in [4.78, 5) is 4.25. The van der Waals surface area contributed by atoms with Gasteiger partial charge in [0.25, 0.3) is 0 Å². The van der Waals surface area contributed by atoms with Crippen molar-refractivity contribution in [3.63, 3.8) is 0 Å². The summed E-state index contributed by atoms with van der Waals surface area (Å²) in [6.45, 7) is 1.96. The van der Waals surface area contributed by atoms with E-state index in [-0.39, 0.29) is 11.6 Å². The molecule has 1 aliphatic rings. The third-order valence-electron chi connectivity index (χ3n) is 2.56. The first kappa shape index (κ1) is 9.61. The maximum atomic E-state index is 5.92. The van der Waals surface area contributed by atoms with E-state index in [1.165, 1.54) is 0 Å². The van der Waals surface area contributed by atoms with Crippen LogP contribution < -0.4 is 5.73 Å². The third kappa shape index (κ3) is 1.78. The second-order valence-electron chi connectivity index (χ2n) is 3.92. The molecule has 1 aliphatic carbocycles. The Morgan fingerprint density at radius 2 is 2.36 bits per heavy atom. The van der Waals surface area contributed by atoms with Crippen LogP contribution >= 0.6 is 0 Å². The summed E-state index contributed by atoms with van der Waals surface area (Å²) >= 11 is 0. The van der Waals surface area contributed by atoms with E-state index in [2.05, 4.69) is 10.1 Å². The molecule has 2 rings (SSSR count). The number of nitrogens with zero attached hydrogens (tertiary/aromatic N) is 2. The Morgan fingerprint density at radius 3 is 2.93 bits per heavy atom. The fourth-order valence-corrected chi connectivity index (χ4v) is 1.23. The Morgan fingerprint density at radius 1 is 1.64 bits per heavy atom. The summed E-state index contributed by atoms with van der Waals surface area (Å²) in [7, 11) is 1.66. The molecule has 0 saturated heterocycles. The maximum absolute atomic E-state index is 5.92. The Bertz CT molecular complexity index is 320. The van der Waals surface area contributed by atoms with Crippen molar-refractivity contribution in [2.24, 2.45) is 5.73 Å². The summed E-state index contributed by atoms with van der Waals surface area (Å²) in [6, 6.07) is 0. The molecule has 0 radical (unpaired) electrons. The molecular weight excluding hydrogens is 182 g/mol. The molecule has 14 heavy (non-hydrogen) atoms. The van der Waals surface area contributed by atoms with E-state index in [0.29, 0.717) is 18.1 Å². The molecule has 1 saturated carbocycles. The molecule has 2 N–H and O–H groups in total. The highest BCUT2D eigenvalue weighted by Crippen LogP contribution is 2.41. The van der Waals surface area contributed by atoms with Crippen molar-refractivity contribution >= 4 is 0 Å². The number of ether oxygens (including phenoxy) is 1. The Labute approximate surface area is 82.6 Å². The van der Waals surface area contributed by atoms with Gasteiger partial charge in [0.15, 0.2) is 5.82 Å². The molecule has 5 nitrogen and oxygen atoms in total. The van der Waals surface area contributed by atoms with Gasteiger partial charge in [-0.3, -0.25) is 0 Å². The number of aromatic nitrogens is 2. The van der Waals surface area contributed by atoms with Gasteiger partial charge in [-0.05, 0) is 19.8 Å². The average molecular weight is 197 g/mol. The lowest BCUT2D eigenvalue weighted by molar-refractivity contribution is 0.116. The lowest BCUT2D eigenvalue weighted by Crippen LogP contribution is -2.19. The molecule has 1 atom stereocenters. The molecule has 0 aliphatic heterocycles. The van der Waals surface area contributed by atoms with Crippen molar-refractivity contribution in [3.8, 4) is 0 Å². The van der Waals surface area contributed by atoms with E-state index in [1.807, 2.05) is 6.92 Å². The third-order valence-corrected chi connectivity index (χ3v) is 2.56. The SMILES string of the molecule is COC(C)Cc1noc(C2(N)CC2)n1. The highest BCUT2D eigenvalue weighted by Gasteiger charge is 2.45. The Hall–Kier alpha value is -0.940. The molecule has 5 heteroatoms. The van der Waals surface area contributed by atoms with Gasteiger partial charge in [0, 0.05) is 13.5 Å². The largest absolute Gasteiger partial charge is 0.381 e. The van der Waals surface area contributed by atoms with E-state index >= 15 is 0 Å². The van der Waals surface area contributed by atoms with Gasteiger partial charge < -0.3 is 15.0 Å². The van der Waals surface area contributed by atoms with Crippen LogP contribution in [-0.4, -0.2) is 23.4 Å². The highest BCUT2D eigenvalue weighted by molar-refractivity contribution is 5.11. The summed E-state index contributed by atoms with van der Waals surface area (Å²) in [5.74, 6) is 1.24. The van der Waals surface area contributed by atoms with Crippen molar-refractivity contribution in [3.05, 3.63) is 11.7 Å². The van der Waals surface area contributed by atoms with Gasteiger partial charge in [-0.15, -0.1) is 0 Å². The Balaban J connectivity index is 2.03. The quantitative estimate of drug-likeness (QED) is 0.764. The second kappa shape index (κ2) is 3.33. The molecule has 1 heterocycles. The van der Waals surface area contributed by atoms with E-state index in [9.17, 15) is 0 Å². The molecule has 1 aromatic heterocycles. The van der Waals surface area contributed by atoms with Crippen molar-refractivity contribution < 1.29 is 9.26 Å². The molecule has 1 aromatic rings. The van der Waals surface area contributed by atoms with E-state index < -0.39 is 0 Å². The summed E-state index contributed by atoms with van der Waals surface area (Å²) in [6.07, 6.45) is 2.65. The van der Waals surface area contributed by atoms with Crippen LogP contribution in [0.4, 0.5) is 0 Å².